The Hall–Kier alpha value is -2.96. The van der Waals surface area contributed by atoms with Gasteiger partial charge in [-0.1, -0.05) is 54.1 Å². The molecule has 6 heteroatoms. The molecule has 0 spiro atoms. The van der Waals surface area contributed by atoms with E-state index in [1.54, 1.807) is 6.07 Å². The van der Waals surface area contributed by atoms with Gasteiger partial charge in [-0.2, -0.15) is 0 Å². The third-order valence-corrected chi connectivity index (χ3v) is 5.60. The van der Waals surface area contributed by atoms with Gasteiger partial charge >= 0.3 is 5.97 Å². The Morgan fingerprint density at radius 3 is 2.39 bits per heavy atom. The van der Waals surface area contributed by atoms with Crippen LogP contribution in [0.5, 0.6) is 0 Å². The highest BCUT2D eigenvalue weighted by Gasteiger charge is 2.25. The molecule has 0 aliphatic rings. The number of carbonyl (C=O) groups excluding carboxylic acids is 1. The summed E-state index contributed by atoms with van der Waals surface area (Å²) in [4.78, 5) is 25.4. The summed E-state index contributed by atoms with van der Waals surface area (Å²) in [5.41, 5.74) is 3.95. The molecule has 0 fully saturated rings. The number of anilines is 1. The van der Waals surface area contributed by atoms with E-state index in [4.69, 9.17) is 4.74 Å². The summed E-state index contributed by atoms with van der Waals surface area (Å²) in [6, 6.07) is 16.9. The number of hydrogen-bond donors (Lipinski definition) is 2. The number of carbonyl (C=O) groups is 2. The number of aromatic carboxylic acids is 1. The predicted molar refractivity (Wildman–Crippen MR) is 111 cm³/mol. The van der Waals surface area contributed by atoms with E-state index < -0.39 is 18.0 Å². The molecule has 3 aromatic rings. The average Bonchev–Trinajstić information content (AvgIpc) is 3.09. The molecule has 1 amide bonds. The van der Waals surface area contributed by atoms with E-state index in [9.17, 15) is 14.7 Å². The van der Waals surface area contributed by atoms with E-state index in [-0.39, 0.29) is 10.6 Å². The molecule has 3 rings (SSSR count). The lowest BCUT2D eigenvalue weighted by Gasteiger charge is -2.18. The Balaban J connectivity index is 1.92. The summed E-state index contributed by atoms with van der Waals surface area (Å²) in [5.74, 6) is -1.49. The summed E-state index contributed by atoms with van der Waals surface area (Å²) in [6.07, 6.45) is -0.831. The third-order valence-electron chi connectivity index (χ3n) is 4.42. The van der Waals surface area contributed by atoms with Crippen molar-refractivity contribution in [3.63, 3.8) is 0 Å². The van der Waals surface area contributed by atoms with Gasteiger partial charge in [-0.25, -0.2) is 4.79 Å². The van der Waals surface area contributed by atoms with E-state index >= 15 is 0 Å². The molecule has 0 aliphatic heterocycles. The number of ether oxygens (including phenoxy) is 1. The van der Waals surface area contributed by atoms with Crippen LogP contribution >= 0.6 is 11.3 Å². The molecular weight excluding hydrogens is 374 g/mol. The average molecular weight is 395 g/mol. The van der Waals surface area contributed by atoms with E-state index in [0.717, 1.165) is 38.5 Å². The van der Waals surface area contributed by atoms with Crippen LogP contribution in [0.1, 0.15) is 32.5 Å². The lowest BCUT2D eigenvalue weighted by Crippen LogP contribution is -2.23. The molecule has 0 aliphatic carbocycles. The fourth-order valence-electron chi connectivity index (χ4n) is 3.08. The molecule has 0 saturated carbocycles. The molecule has 1 unspecified atom stereocenters. The van der Waals surface area contributed by atoms with E-state index in [0.29, 0.717) is 0 Å². The first-order valence-electron chi connectivity index (χ1n) is 8.74. The molecular formula is C22H21NO4S. The van der Waals surface area contributed by atoms with Crippen LogP contribution in [-0.2, 0) is 9.53 Å². The summed E-state index contributed by atoms with van der Waals surface area (Å²) >= 11 is 1.13. The number of aryl methyl sites for hydroxylation is 2. The van der Waals surface area contributed by atoms with Gasteiger partial charge in [-0.05, 0) is 36.6 Å². The second-order valence-electron chi connectivity index (χ2n) is 6.49. The number of carboxylic acid groups (broad SMARTS) is 1. The maximum Gasteiger partial charge on any atom is 0.348 e. The standard InChI is InChI=1S/C22H21NO4S/c1-13-9-10-16(14(2)11-13)19(27-3)21(24)23-17-12-18(28-20(17)22(25)26)15-7-5-4-6-8-15/h4-12,19H,1-3H3,(H,23,24)(H,25,26). The molecule has 1 atom stereocenters. The number of rotatable bonds is 6. The Morgan fingerprint density at radius 2 is 1.79 bits per heavy atom. The van der Waals surface area contributed by atoms with Gasteiger partial charge in [0.05, 0.1) is 5.69 Å². The van der Waals surface area contributed by atoms with Crippen LogP contribution in [0, 0.1) is 13.8 Å². The second kappa shape index (κ2) is 8.37. The highest BCUT2D eigenvalue weighted by atomic mass is 32.1. The van der Waals surface area contributed by atoms with Gasteiger partial charge in [0, 0.05) is 12.0 Å². The van der Waals surface area contributed by atoms with Crippen LogP contribution in [0.25, 0.3) is 10.4 Å². The van der Waals surface area contributed by atoms with Gasteiger partial charge in [-0.15, -0.1) is 11.3 Å². The van der Waals surface area contributed by atoms with Crippen LogP contribution in [0.4, 0.5) is 5.69 Å². The number of carboxylic acids is 1. The van der Waals surface area contributed by atoms with Gasteiger partial charge in [0.15, 0.2) is 6.10 Å². The van der Waals surface area contributed by atoms with Crippen molar-refractivity contribution in [1.29, 1.82) is 0 Å². The molecule has 5 nitrogen and oxygen atoms in total. The van der Waals surface area contributed by atoms with Gasteiger partial charge in [-0.3, -0.25) is 4.79 Å². The van der Waals surface area contributed by atoms with Crippen molar-refractivity contribution in [3.8, 4) is 10.4 Å². The highest BCUT2D eigenvalue weighted by molar-refractivity contribution is 7.18. The van der Waals surface area contributed by atoms with Crippen LogP contribution in [-0.4, -0.2) is 24.1 Å². The lowest BCUT2D eigenvalue weighted by atomic mass is 10.0. The highest BCUT2D eigenvalue weighted by Crippen LogP contribution is 2.35. The van der Waals surface area contributed by atoms with E-state index in [1.165, 1.54) is 7.11 Å². The van der Waals surface area contributed by atoms with Crippen molar-refractivity contribution in [1.82, 2.24) is 0 Å². The Labute approximate surface area is 167 Å². The minimum absolute atomic E-state index is 0.0858. The smallest absolute Gasteiger partial charge is 0.348 e. The van der Waals surface area contributed by atoms with Crippen molar-refractivity contribution >= 4 is 28.9 Å². The minimum Gasteiger partial charge on any atom is -0.477 e. The maximum atomic E-state index is 12.9. The van der Waals surface area contributed by atoms with Gasteiger partial charge in [0.25, 0.3) is 5.91 Å². The summed E-state index contributed by atoms with van der Waals surface area (Å²) in [6.45, 7) is 3.90. The van der Waals surface area contributed by atoms with Crippen LogP contribution in [0.3, 0.4) is 0 Å². The first-order chi connectivity index (χ1) is 13.4. The quantitative estimate of drug-likeness (QED) is 0.612. The second-order valence-corrected chi connectivity index (χ2v) is 7.54. The fraction of sp³-hybridized carbons (Fsp3) is 0.182. The SMILES string of the molecule is COC(C(=O)Nc1cc(-c2ccccc2)sc1C(=O)O)c1ccc(C)cc1C. The molecule has 2 N–H and O–H groups in total. The molecule has 0 radical (unpaired) electrons. The molecule has 0 bridgehead atoms. The zero-order chi connectivity index (χ0) is 20.3. The zero-order valence-electron chi connectivity index (χ0n) is 15.9. The predicted octanol–water partition coefficient (Wildman–Crippen LogP) is 5.06. The number of nitrogens with one attached hydrogen (secondary N) is 1. The molecule has 1 heterocycles. The maximum absolute atomic E-state index is 12.9. The molecule has 28 heavy (non-hydrogen) atoms. The van der Waals surface area contributed by atoms with Gasteiger partial charge in [0.2, 0.25) is 0 Å². The zero-order valence-corrected chi connectivity index (χ0v) is 16.7. The van der Waals surface area contributed by atoms with Gasteiger partial charge in [0.1, 0.15) is 4.88 Å². The van der Waals surface area contributed by atoms with Crippen molar-refractivity contribution in [2.45, 2.75) is 20.0 Å². The van der Waals surface area contributed by atoms with E-state index in [2.05, 4.69) is 5.32 Å². The Morgan fingerprint density at radius 1 is 1.07 bits per heavy atom. The third kappa shape index (κ3) is 4.13. The van der Waals surface area contributed by atoms with Crippen LogP contribution in [0.15, 0.2) is 54.6 Å². The first-order valence-corrected chi connectivity index (χ1v) is 9.55. The topological polar surface area (TPSA) is 75.6 Å². The largest absolute Gasteiger partial charge is 0.477 e. The number of benzene rings is 2. The van der Waals surface area contributed by atoms with E-state index in [1.807, 2.05) is 62.4 Å². The van der Waals surface area contributed by atoms with Gasteiger partial charge < -0.3 is 15.2 Å². The lowest BCUT2D eigenvalue weighted by molar-refractivity contribution is -0.126. The molecule has 1 aromatic heterocycles. The normalized spacial score (nSPS) is 11.8. The summed E-state index contributed by atoms with van der Waals surface area (Å²) < 4.78 is 5.43. The molecule has 144 valence electrons. The Kier molecular flexibility index (Phi) is 5.92. The Bertz CT molecular complexity index is 1010. The van der Waals surface area contributed by atoms with Crippen molar-refractivity contribution in [2.24, 2.45) is 0 Å². The fourth-order valence-corrected chi connectivity index (χ4v) is 4.04. The summed E-state index contributed by atoms with van der Waals surface area (Å²) in [7, 11) is 1.46. The number of methoxy groups -OCH3 is 1. The van der Waals surface area contributed by atoms with Crippen molar-refractivity contribution in [2.75, 3.05) is 12.4 Å². The number of amides is 1. The number of thiophene rings is 1. The molecule has 0 saturated heterocycles. The monoisotopic (exact) mass is 395 g/mol. The van der Waals surface area contributed by atoms with Crippen LogP contribution < -0.4 is 5.32 Å². The summed E-state index contributed by atoms with van der Waals surface area (Å²) in [5, 5.41) is 12.3. The minimum atomic E-state index is -1.08. The van der Waals surface area contributed by atoms with Crippen LogP contribution in [0.2, 0.25) is 0 Å². The van der Waals surface area contributed by atoms with Crippen molar-refractivity contribution < 1.29 is 19.4 Å². The van der Waals surface area contributed by atoms with Crippen molar-refractivity contribution in [3.05, 3.63) is 76.2 Å². The number of hydrogen-bond acceptors (Lipinski definition) is 4. The first kappa shape index (κ1) is 19.8. The molecule has 2 aromatic carbocycles.